The van der Waals surface area contributed by atoms with Gasteiger partial charge in [0.05, 0.1) is 21.2 Å². The summed E-state index contributed by atoms with van der Waals surface area (Å²) < 4.78 is 55.4. The lowest BCUT2D eigenvalue weighted by Gasteiger charge is -2.12. The standard InChI is InChI=1S/C14H11ClF2N2O4S/c15-10-7-8(5-6-12(10)23-14(16)17)24(21,22)19-11-4-2-1-3-9(11)13(18)20/h1-7,14,19H,(H2,18,20). The highest BCUT2D eigenvalue weighted by molar-refractivity contribution is 7.92. The van der Waals surface area contributed by atoms with Crippen molar-refractivity contribution < 1.29 is 26.7 Å². The minimum Gasteiger partial charge on any atom is -0.433 e. The molecule has 0 aliphatic heterocycles. The van der Waals surface area contributed by atoms with Crippen molar-refractivity contribution in [1.29, 1.82) is 0 Å². The van der Waals surface area contributed by atoms with Crippen LogP contribution in [-0.2, 0) is 10.0 Å². The maximum atomic E-state index is 12.4. The molecule has 0 saturated heterocycles. The molecule has 2 rings (SSSR count). The molecule has 0 spiro atoms. The zero-order chi connectivity index (χ0) is 17.9. The number of sulfonamides is 1. The number of nitrogens with two attached hydrogens (primary N) is 1. The molecule has 1 amide bonds. The third-order valence-electron chi connectivity index (χ3n) is 2.87. The molecule has 128 valence electrons. The second-order valence-electron chi connectivity index (χ2n) is 4.49. The molecule has 0 atom stereocenters. The summed E-state index contributed by atoms with van der Waals surface area (Å²) in [4.78, 5) is 11.0. The summed E-state index contributed by atoms with van der Waals surface area (Å²) in [5, 5.41) is -0.304. The lowest BCUT2D eigenvalue weighted by atomic mass is 10.2. The van der Waals surface area contributed by atoms with Crippen LogP contribution in [0.25, 0.3) is 0 Å². The number of hydrogen-bond donors (Lipinski definition) is 2. The van der Waals surface area contributed by atoms with Gasteiger partial charge in [-0.3, -0.25) is 9.52 Å². The van der Waals surface area contributed by atoms with E-state index < -0.39 is 22.5 Å². The van der Waals surface area contributed by atoms with Crippen molar-refractivity contribution in [1.82, 2.24) is 0 Å². The van der Waals surface area contributed by atoms with Gasteiger partial charge in [0, 0.05) is 0 Å². The molecule has 24 heavy (non-hydrogen) atoms. The molecule has 3 N–H and O–H groups in total. The van der Waals surface area contributed by atoms with E-state index in [4.69, 9.17) is 17.3 Å². The summed E-state index contributed by atoms with van der Waals surface area (Å²) in [6.45, 7) is -3.09. The Bertz CT molecular complexity index is 875. The monoisotopic (exact) mass is 376 g/mol. The zero-order valence-corrected chi connectivity index (χ0v) is 13.4. The van der Waals surface area contributed by atoms with Crippen molar-refractivity contribution in [3.63, 3.8) is 0 Å². The number of rotatable bonds is 6. The summed E-state index contributed by atoms with van der Waals surface area (Å²) >= 11 is 5.74. The zero-order valence-electron chi connectivity index (χ0n) is 11.9. The van der Waals surface area contributed by atoms with Gasteiger partial charge in [-0.25, -0.2) is 8.42 Å². The first-order valence-corrected chi connectivity index (χ1v) is 8.23. The predicted molar refractivity (Wildman–Crippen MR) is 83.9 cm³/mol. The summed E-state index contributed by atoms with van der Waals surface area (Å²) in [6, 6.07) is 8.73. The Morgan fingerprint density at radius 2 is 1.88 bits per heavy atom. The number of para-hydroxylation sites is 1. The van der Waals surface area contributed by atoms with E-state index in [9.17, 15) is 22.0 Å². The van der Waals surface area contributed by atoms with Crippen LogP contribution in [0.5, 0.6) is 5.75 Å². The van der Waals surface area contributed by atoms with Crippen LogP contribution in [-0.4, -0.2) is 20.9 Å². The molecule has 0 aromatic heterocycles. The number of nitrogens with one attached hydrogen (secondary N) is 1. The highest BCUT2D eigenvalue weighted by Crippen LogP contribution is 2.29. The summed E-state index contributed by atoms with van der Waals surface area (Å²) in [5.74, 6) is -1.17. The largest absolute Gasteiger partial charge is 0.433 e. The van der Waals surface area contributed by atoms with Gasteiger partial charge in [-0.1, -0.05) is 23.7 Å². The lowest BCUT2D eigenvalue weighted by molar-refractivity contribution is -0.0498. The molecular formula is C14H11ClF2N2O4S. The minimum atomic E-state index is -4.12. The Hall–Kier alpha value is -2.39. The van der Waals surface area contributed by atoms with Crippen molar-refractivity contribution in [2.45, 2.75) is 11.5 Å². The van der Waals surface area contributed by atoms with Gasteiger partial charge in [0.25, 0.3) is 15.9 Å². The van der Waals surface area contributed by atoms with E-state index in [-0.39, 0.29) is 26.9 Å². The van der Waals surface area contributed by atoms with Gasteiger partial charge >= 0.3 is 6.61 Å². The van der Waals surface area contributed by atoms with Crippen molar-refractivity contribution in [3.8, 4) is 5.75 Å². The van der Waals surface area contributed by atoms with Crippen LogP contribution in [0.3, 0.4) is 0 Å². The number of benzene rings is 2. The molecule has 0 bridgehead atoms. The molecule has 10 heteroatoms. The van der Waals surface area contributed by atoms with E-state index in [1.807, 2.05) is 0 Å². The molecule has 2 aromatic rings. The first-order chi connectivity index (χ1) is 11.2. The molecule has 2 aromatic carbocycles. The van der Waals surface area contributed by atoms with Gasteiger partial charge in [-0.05, 0) is 30.3 Å². The molecule has 0 aliphatic carbocycles. The minimum absolute atomic E-state index is 0.0194. The van der Waals surface area contributed by atoms with Crippen LogP contribution in [0, 0.1) is 0 Å². The van der Waals surface area contributed by atoms with E-state index in [1.54, 1.807) is 0 Å². The second kappa shape index (κ2) is 7.02. The molecule has 6 nitrogen and oxygen atoms in total. The van der Waals surface area contributed by atoms with Gasteiger partial charge in [0.15, 0.2) is 0 Å². The Kier molecular flexibility index (Phi) is 5.25. The van der Waals surface area contributed by atoms with Crippen molar-refractivity contribution in [2.75, 3.05) is 4.72 Å². The molecular weight excluding hydrogens is 366 g/mol. The van der Waals surface area contributed by atoms with E-state index in [0.29, 0.717) is 0 Å². The fourth-order valence-electron chi connectivity index (χ4n) is 1.83. The third-order valence-corrected chi connectivity index (χ3v) is 4.53. The number of carbonyl (C=O) groups excluding carboxylic acids is 1. The summed E-state index contributed by atoms with van der Waals surface area (Å²) in [5.41, 5.74) is 5.14. The summed E-state index contributed by atoms with van der Waals surface area (Å²) in [6.07, 6.45) is 0. The highest BCUT2D eigenvalue weighted by Gasteiger charge is 2.19. The topological polar surface area (TPSA) is 98.5 Å². The third kappa shape index (κ3) is 4.12. The van der Waals surface area contributed by atoms with Gasteiger partial charge < -0.3 is 10.5 Å². The fraction of sp³-hybridized carbons (Fsp3) is 0.0714. The number of ether oxygens (including phenoxy) is 1. The van der Waals surface area contributed by atoms with E-state index in [1.165, 1.54) is 24.3 Å². The van der Waals surface area contributed by atoms with E-state index >= 15 is 0 Å². The van der Waals surface area contributed by atoms with Crippen LogP contribution in [0.4, 0.5) is 14.5 Å². The normalized spacial score (nSPS) is 11.3. The molecule has 0 unspecified atom stereocenters. The van der Waals surface area contributed by atoms with Crippen molar-refractivity contribution in [2.24, 2.45) is 5.73 Å². The second-order valence-corrected chi connectivity index (χ2v) is 6.58. The van der Waals surface area contributed by atoms with E-state index in [0.717, 1.165) is 18.2 Å². The van der Waals surface area contributed by atoms with Crippen LogP contribution < -0.4 is 15.2 Å². The Balaban J connectivity index is 2.35. The molecule has 0 aliphatic rings. The number of alkyl halides is 2. The maximum absolute atomic E-state index is 12.4. The maximum Gasteiger partial charge on any atom is 0.387 e. The van der Waals surface area contributed by atoms with Crippen LogP contribution in [0.2, 0.25) is 5.02 Å². The van der Waals surface area contributed by atoms with E-state index in [2.05, 4.69) is 9.46 Å². The van der Waals surface area contributed by atoms with Gasteiger partial charge in [0.2, 0.25) is 0 Å². The lowest BCUT2D eigenvalue weighted by Crippen LogP contribution is -2.18. The average Bonchev–Trinajstić information content (AvgIpc) is 2.48. The predicted octanol–water partition coefficient (Wildman–Crippen LogP) is 2.84. The number of anilines is 1. The Labute approximate surface area is 141 Å². The van der Waals surface area contributed by atoms with Crippen LogP contribution in [0.15, 0.2) is 47.4 Å². The average molecular weight is 377 g/mol. The molecule has 0 fully saturated rings. The number of carbonyl (C=O) groups is 1. The fourth-order valence-corrected chi connectivity index (χ4v) is 3.23. The van der Waals surface area contributed by atoms with Crippen molar-refractivity contribution in [3.05, 3.63) is 53.1 Å². The number of halogens is 3. The SMILES string of the molecule is NC(=O)c1ccccc1NS(=O)(=O)c1ccc(OC(F)F)c(Cl)c1. The summed E-state index contributed by atoms with van der Waals surface area (Å²) in [7, 11) is -4.12. The van der Waals surface area contributed by atoms with Crippen molar-refractivity contribution >= 4 is 33.2 Å². The highest BCUT2D eigenvalue weighted by atomic mass is 35.5. The Morgan fingerprint density at radius 1 is 1.21 bits per heavy atom. The van der Waals surface area contributed by atoms with Crippen LogP contribution in [0.1, 0.15) is 10.4 Å². The molecule has 0 radical (unpaired) electrons. The number of hydrogen-bond acceptors (Lipinski definition) is 4. The van der Waals surface area contributed by atoms with Gasteiger partial charge in [-0.2, -0.15) is 8.78 Å². The quantitative estimate of drug-likeness (QED) is 0.809. The smallest absolute Gasteiger partial charge is 0.387 e. The Morgan fingerprint density at radius 3 is 2.46 bits per heavy atom. The number of amides is 1. The van der Waals surface area contributed by atoms with Gasteiger partial charge in [-0.15, -0.1) is 0 Å². The van der Waals surface area contributed by atoms with Gasteiger partial charge in [0.1, 0.15) is 5.75 Å². The first kappa shape index (κ1) is 18.0. The van der Waals surface area contributed by atoms with Crippen LogP contribution >= 0.6 is 11.6 Å². The first-order valence-electron chi connectivity index (χ1n) is 6.37. The molecule has 0 heterocycles. The number of primary amides is 1. The molecule has 0 saturated carbocycles.